The van der Waals surface area contributed by atoms with E-state index in [-0.39, 0.29) is 43.2 Å². The van der Waals surface area contributed by atoms with Crippen molar-refractivity contribution in [2.75, 3.05) is 19.7 Å². The van der Waals surface area contributed by atoms with Gasteiger partial charge >= 0.3 is 12.1 Å². The fourth-order valence-corrected chi connectivity index (χ4v) is 5.34. The third-order valence-electron chi connectivity index (χ3n) is 7.28. The van der Waals surface area contributed by atoms with E-state index in [2.05, 4.69) is 29.6 Å². The number of amides is 2. The number of aliphatic carboxylic acids is 1. The molecule has 0 saturated carbocycles. The lowest BCUT2D eigenvalue weighted by molar-refractivity contribution is -0.142. The summed E-state index contributed by atoms with van der Waals surface area (Å²) in [4.78, 5) is 38.4. The van der Waals surface area contributed by atoms with Crippen molar-refractivity contribution in [1.82, 2.24) is 10.2 Å². The molecule has 7 heteroatoms. The van der Waals surface area contributed by atoms with Gasteiger partial charge in [0.15, 0.2) is 0 Å². The van der Waals surface area contributed by atoms with Crippen molar-refractivity contribution in [1.29, 1.82) is 0 Å². The second-order valence-corrected chi connectivity index (χ2v) is 9.52. The zero-order valence-electron chi connectivity index (χ0n) is 20.2. The highest BCUT2D eigenvalue weighted by molar-refractivity contribution is 5.79. The summed E-state index contributed by atoms with van der Waals surface area (Å²) in [6, 6.07) is 16.2. The molecule has 2 aliphatic rings. The zero-order chi connectivity index (χ0) is 24.8. The molecule has 2 aromatic rings. The Balaban J connectivity index is 1.29. The number of alkyl carbamates (subject to hydrolysis) is 1. The Morgan fingerprint density at radius 2 is 1.71 bits per heavy atom. The van der Waals surface area contributed by atoms with Crippen LogP contribution in [0.5, 0.6) is 0 Å². The van der Waals surface area contributed by atoms with Crippen molar-refractivity contribution < 1.29 is 24.2 Å². The second kappa shape index (κ2) is 11.4. The van der Waals surface area contributed by atoms with Gasteiger partial charge in [-0.1, -0.05) is 61.9 Å². The van der Waals surface area contributed by atoms with Gasteiger partial charge in [0.25, 0.3) is 0 Å². The van der Waals surface area contributed by atoms with Crippen LogP contribution in [-0.4, -0.2) is 53.7 Å². The molecular weight excluding hydrogens is 444 g/mol. The van der Waals surface area contributed by atoms with Crippen LogP contribution in [0.2, 0.25) is 0 Å². The quantitative estimate of drug-likeness (QED) is 0.540. The summed E-state index contributed by atoms with van der Waals surface area (Å²) in [6.45, 7) is 3.19. The smallest absolute Gasteiger partial charge is 0.407 e. The highest BCUT2D eigenvalue weighted by Crippen LogP contribution is 2.44. The van der Waals surface area contributed by atoms with Gasteiger partial charge in [-0.2, -0.15) is 0 Å². The van der Waals surface area contributed by atoms with Gasteiger partial charge in [0, 0.05) is 31.5 Å². The zero-order valence-corrected chi connectivity index (χ0v) is 20.2. The summed E-state index contributed by atoms with van der Waals surface area (Å²) < 4.78 is 5.61. The van der Waals surface area contributed by atoms with Crippen molar-refractivity contribution in [3.05, 3.63) is 59.7 Å². The number of nitrogens with one attached hydrogen (secondary N) is 1. The number of carboxylic acids is 1. The highest BCUT2D eigenvalue weighted by Gasteiger charge is 2.31. The van der Waals surface area contributed by atoms with Gasteiger partial charge < -0.3 is 20.1 Å². The molecule has 0 bridgehead atoms. The molecule has 1 fully saturated rings. The average molecular weight is 479 g/mol. The van der Waals surface area contributed by atoms with Gasteiger partial charge in [-0.15, -0.1) is 0 Å². The lowest BCUT2D eigenvalue weighted by Gasteiger charge is -2.36. The average Bonchev–Trinajstić information content (AvgIpc) is 3.18. The Morgan fingerprint density at radius 1 is 1.06 bits per heavy atom. The fourth-order valence-electron chi connectivity index (χ4n) is 5.34. The minimum atomic E-state index is -0.876. The number of ether oxygens (including phenoxy) is 1. The summed E-state index contributed by atoms with van der Waals surface area (Å²) in [5.41, 5.74) is 4.69. The first-order valence-corrected chi connectivity index (χ1v) is 12.6. The van der Waals surface area contributed by atoms with Crippen LogP contribution in [0.25, 0.3) is 11.1 Å². The number of carbonyl (C=O) groups excluding carboxylic acids is 2. The van der Waals surface area contributed by atoms with Gasteiger partial charge in [0.05, 0.1) is 6.42 Å². The van der Waals surface area contributed by atoms with E-state index in [1.54, 1.807) is 4.90 Å². The Kier molecular flexibility index (Phi) is 8.06. The molecule has 1 heterocycles. The number of benzene rings is 2. The summed E-state index contributed by atoms with van der Waals surface area (Å²) >= 11 is 0. The molecule has 7 nitrogen and oxygen atoms in total. The Morgan fingerprint density at radius 3 is 2.34 bits per heavy atom. The number of carboxylic acid groups (broad SMARTS) is 1. The third-order valence-corrected chi connectivity index (χ3v) is 7.28. The SMILES string of the molecule is CCC(CNC(=O)OCC1c2ccccc2-c2ccccc21)CC(=O)N1CCCCC1CC(=O)O. The lowest BCUT2D eigenvalue weighted by atomic mass is 9.96. The molecule has 1 saturated heterocycles. The minimum absolute atomic E-state index is 0.00182. The molecule has 0 aromatic heterocycles. The van der Waals surface area contributed by atoms with E-state index in [0.717, 1.165) is 36.8 Å². The first-order valence-electron chi connectivity index (χ1n) is 12.6. The molecule has 186 valence electrons. The van der Waals surface area contributed by atoms with Crippen molar-refractivity contribution >= 4 is 18.0 Å². The van der Waals surface area contributed by atoms with Crippen LogP contribution in [0.4, 0.5) is 4.79 Å². The molecule has 35 heavy (non-hydrogen) atoms. The normalized spacial score (nSPS) is 17.9. The molecule has 1 aliphatic heterocycles. The van der Waals surface area contributed by atoms with Crippen molar-refractivity contribution in [2.45, 2.75) is 57.4 Å². The summed E-state index contributed by atoms with van der Waals surface area (Å²) in [5, 5.41) is 12.0. The number of nitrogens with zero attached hydrogens (tertiary/aromatic N) is 1. The number of fused-ring (bicyclic) bond motifs is 3. The molecule has 2 aromatic carbocycles. The van der Waals surface area contributed by atoms with Crippen LogP contribution in [0.15, 0.2) is 48.5 Å². The fraction of sp³-hybridized carbons (Fsp3) is 0.464. The number of carbonyl (C=O) groups is 3. The van der Waals surface area contributed by atoms with E-state index < -0.39 is 12.1 Å². The molecule has 0 radical (unpaired) electrons. The highest BCUT2D eigenvalue weighted by atomic mass is 16.5. The van der Waals surface area contributed by atoms with Gasteiger partial charge in [-0.25, -0.2) is 4.79 Å². The first kappa shape index (κ1) is 24.8. The van der Waals surface area contributed by atoms with Crippen LogP contribution >= 0.6 is 0 Å². The third kappa shape index (κ3) is 5.84. The minimum Gasteiger partial charge on any atom is -0.481 e. The molecule has 2 amide bonds. The maximum atomic E-state index is 12.9. The van der Waals surface area contributed by atoms with E-state index in [1.807, 2.05) is 31.2 Å². The van der Waals surface area contributed by atoms with Gasteiger partial charge in [0.1, 0.15) is 6.61 Å². The number of rotatable bonds is 9. The van der Waals surface area contributed by atoms with Crippen LogP contribution in [0, 0.1) is 5.92 Å². The Labute approximate surface area is 206 Å². The van der Waals surface area contributed by atoms with Crippen LogP contribution in [-0.2, 0) is 14.3 Å². The molecular formula is C28H34N2O5. The van der Waals surface area contributed by atoms with E-state index in [9.17, 15) is 19.5 Å². The Hall–Kier alpha value is -3.35. The largest absolute Gasteiger partial charge is 0.481 e. The number of hydrogen-bond acceptors (Lipinski definition) is 4. The number of piperidine rings is 1. The lowest BCUT2D eigenvalue weighted by Crippen LogP contribution is -2.45. The van der Waals surface area contributed by atoms with Crippen LogP contribution < -0.4 is 5.32 Å². The van der Waals surface area contributed by atoms with Gasteiger partial charge in [-0.05, 0) is 47.4 Å². The van der Waals surface area contributed by atoms with E-state index in [1.165, 1.54) is 11.1 Å². The second-order valence-electron chi connectivity index (χ2n) is 9.52. The van der Waals surface area contributed by atoms with E-state index in [0.29, 0.717) is 13.1 Å². The van der Waals surface area contributed by atoms with Crippen molar-refractivity contribution in [2.24, 2.45) is 5.92 Å². The molecule has 2 unspecified atom stereocenters. The Bertz CT molecular complexity index is 1020. The molecule has 0 spiro atoms. The summed E-state index contributed by atoms with van der Waals surface area (Å²) in [6.07, 6.45) is 3.09. The summed E-state index contributed by atoms with van der Waals surface area (Å²) in [7, 11) is 0. The molecule has 4 rings (SSSR count). The predicted molar refractivity (Wildman–Crippen MR) is 133 cm³/mol. The van der Waals surface area contributed by atoms with E-state index in [4.69, 9.17) is 4.74 Å². The molecule has 2 atom stereocenters. The monoisotopic (exact) mass is 478 g/mol. The molecule has 1 aliphatic carbocycles. The number of likely N-dealkylation sites (tertiary alicyclic amines) is 1. The maximum Gasteiger partial charge on any atom is 0.407 e. The predicted octanol–water partition coefficient (Wildman–Crippen LogP) is 4.80. The molecule has 2 N–H and O–H groups in total. The van der Waals surface area contributed by atoms with Crippen molar-refractivity contribution in [3.8, 4) is 11.1 Å². The van der Waals surface area contributed by atoms with Crippen LogP contribution in [0.3, 0.4) is 0 Å². The topological polar surface area (TPSA) is 95.9 Å². The number of hydrogen-bond donors (Lipinski definition) is 2. The summed E-state index contributed by atoms with van der Waals surface area (Å²) in [5.74, 6) is -0.937. The van der Waals surface area contributed by atoms with Gasteiger partial charge in [0.2, 0.25) is 5.91 Å². The van der Waals surface area contributed by atoms with Crippen LogP contribution in [0.1, 0.15) is 62.5 Å². The van der Waals surface area contributed by atoms with E-state index >= 15 is 0 Å². The first-order chi connectivity index (χ1) is 17.0. The maximum absolute atomic E-state index is 12.9. The van der Waals surface area contributed by atoms with Gasteiger partial charge in [-0.3, -0.25) is 9.59 Å². The standard InChI is InChI=1S/C28H34N2O5/c1-2-19(15-26(31)30-14-8-7-9-20(30)16-27(32)33)17-29-28(34)35-18-25-23-12-5-3-10-21(23)22-11-4-6-13-24(22)25/h3-6,10-13,19-20,25H,2,7-9,14-18H2,1H3,(H,29,34)(H,32,33). The van der Waals surface area contributed by atoms with Crippen molar-refractivity contribution in [3.63, 3.8) is 0 Å².